The van der Waals surface area contributed by atoms with Gasteiger partial charge in [0, 0.05) is 6.04 Å². The van der Waals surface area contributed by atoms with Gasteiger partial charge in [0.2, 0.25) is 5.91 Å². The summed E-state index contributed by atoms with van der Waals surface area (Å²) in [5.74, 6) is -0.0921. The first kappa shape index (κ1) is 16.5. The van der Waals surface area contributed by atoms with Crippen LogP contribution in [0.3, 0.4) is 0 Å². The number of nitrogens with two attached hydrogens (primary N) is 1. The molecule has 0 bridgehead atoms. The third-order valence-electron chi connectivity index (χ3n) is 4.13. The molecule has 1 amide bonds. The SMILES string of the molecule is Cl.NC(C(=O)NC1CCc2ccccc2C1)c1ccccc1. The molecule has 2 aromatic carbocycles. The highest BCUT2D eigenvalue weighted by Gasteiger charge is 2.23. The third kappa shape index (κ3) is 3.67. The van der Waals surface area contributed by atoms with Gasteiger partial charge in [-0.05, 0) is 36.0 Å². The van der Waals surface area contributed by atoms with Gasteiger partial charge in [-0.2, -0.15) is 0 Å². The van der Waals surface area contributed by atoms with E-state index >= 15 is 0 Å². The number of benzene rings is 2. The quantitative estimate of drug-likeness (QED) is 0.915. The van der Waals surface area contributed by atoms with Crippen molar-refractivity contribution in [3.63, 3.8) is 0 Å². The Bertz CT molecular complexity index is 630. The molecule has 2 unspecified atom stereocenters. The first-order valence-electron chi connectivity index (χ1n) is 7.42. The number of fused-ring (bicyclic) bond motifs is 1. The van der Waals surface area contributed by atoms with E-state index in [0.29, 0.717) is 0 Å². The lowest BCUT2D eigenvalue weighted by atomic mass is 9.88. The minimum Gasteiger partial charge on any atom is -0.351 e. The lowest BCUT2D eigenvalue weighted by Crippen LogP contribution is -2.43. The molecule has 0 radical (unpaired) electrons. The number of hydrogen-bond acceptors (Lipinski definition) is 2. The summed E-state index contributed by atoms with van der Waals surface area (Å²) in [7, 11) is 0. The van der Waals surface area contributed by atoms with Crippen molar-refractivity contribution in [3.8, 4) is 0 Å². The standard InChI is InChI=1S/C18H20N2O.ClH/c19-17(14-7-2-1-3-8-14)18(21)20-16-11-10-13-6-4-5-9-15(13)12-16;/h1-9,16-17H,10-12,19H2,(H,20,21);1H. The highest BCUT2D eigenvalue weighted by molar-refractivity contribution is 5.85. The van der Waals surface area contributed by atoms with Crippen LogP contribution >= 0.6 is 12.4 Å². The normalized spacial score (nSPS) is 17.8. The summed E-state index contributed by atoms with van der Waals surface area (Å²) in [6.07, 6.45) is 2.88. The second-order valence-corrected chi connectivity index (χ2v) is 5.61. The van der Waals surface area contributed by atoms with Crippen molar-refractivity contribution in [2.45, 2.75) is 31.3 Å². The molecular formula is C18H21ClN2O. The van der Waals surface area contributed by atoms with Crippen LogP contribution in [0.15, 0.2) is 54.6 Å². The molecule has 2 atom stereocenters. The molecule has 0 aliphatic heterocycles. The van der Waals surface area contributed by atoms with Gasteiger partial charge in [-0.15, -0.1) is 12.4 Å². The topological polar surface area (TPSA) is 55.1 Å². The van der Waals surface area contributed by atoms with E-state index in [4.69, 9.17) is 5.73 Å². The fourth-order valence-corrected chi connectivity index (χ4v) is 2.92. The molecule has 2 aromatic rings. The molecule has 0 spiro atoms. The number of nitrogens with one attached hydrogen (secondary N) is 1. The summed E-state index contributed by atoms with van der Waals surface area (Å²) in [4.78, 5) is 12.3. The Morgan fingerprint density at radius 1 is 1.05 bits per heavy atom. The summed E-state index contributed by atoms with van der Waals surface area (Å²) in [6, 6.07) is 17.5. The van der Waals surface area contributed by atoms with Crippen LogP contribution in [-0.4, -0.2) is 11.9 Å². The number of carbonyl (C=O) groups excluding carboxylic acids is 1. The van der Waals surface area contributed by atoms with Crippen LogP contribution in [0.1, 0.15) is 29.2 Å². The van der Waals surface area contributed by atoms with E-state index in [1.54, 1.807) is 0 Å². The molecule has 1 aliphatic rings. The Hall–Kier alpha value is -1.84. The van der Waals surface area contributed by atoms with Gasteiger partial charge in [0.05, 0.1) is 0 Å². The maximum absolute atomic E-state index is 12.3. The van der Waals surface area contributed by atoms with Gasteiger partial charge >= 0.3 is 0 Å². The number of hydrogen-bond donors (Lipinski definition) is 2. The maximum Gasteiger partial charge on any atom is 0.241 e. The van der Waals surface area contributed by atoms with Crippen molar-refractivity contribution >= 4 is 18.3 Å². The highest BCUT2D eigenvalue weighted by Crippen LogP contribution is 2.21. The van der Waals surface area contributed by atoms with Gasteiger partial charge in [0.25, 0.3) is 0 Å². The molecule has 3 nitrogen and oxygen atoms in total. The third-order valence-corrected chi connectivity index (χ3v) is 4.13. The van der Waals surface area contributed by atoms with Crippen LogP contribution in [0.4, 0.5) is 0 Å². The van der Waals surface area contributed by atoms with Crippen LogP contribution in [-0.2, 0) is 17.6 Å². The van der Waals surface area contributed by atoms with Gasteiger partial charge in [0.1, 0.15) is 6.04 Å². The van der Waals surface area contributed by atoms with Crippen LogP contribution in [0, 0.1) is 0 Å². The second kappa shape index (κ2) is 7.43. The Balaban J connectivity index is 0.00000176. The molecule has 0 aromatic heterocycles. The molecule has 4 heteroatoms. The smallest absolute Gasteiger partial charge is 0.241 e. The fourth-order valence-electron chi connectivity index (χ4n) is 2.92. The molecule has 22 heavy (non-hydrogen) atoms. The lowest BCUT2D eigenvalue weighted by Gasteiger charge is -2.26. The van der Waals surface area contributed by atoms with E-state index in [2.05, 4.69) is 29.6 Å². The van der Waals surface area contributed by atoms with Crippen LogP contribution in [0.2, 0.25) is 0 Å². The number of aryl methyl sites for hydroxylation is 1. The first-order valence-corrected chi connectivity index (χ1v) is 7.42. The zero-order valence-corrected chi connectivity index (χ0v) is 13.2. The molecule has 0 saturated heterocycles. The lowest BCUT2D eigenvalue weighted by molar-refractivity contribution is -0.123. The molecule has 1 aliphatic carbocycles. The molecule has 3 N–H and O–H groups in total. The van der Waals surface area contributed by atoms with E-state index < -0.39 is 6.04 Å². The van der Waals surface area contributed by atoms with E-state index in [0.717, 1.165) is 24.8 Å². The summed E-state index contributed by atoms with van der Waals surface area (Å²) in [5.41, 5.74) is 9.63. The van der Waals surface area contributed by atoms with Crippen molar-refractivity contribution in [1.82, 2.24) is 5.32 Å². The monoisotopic (exact) mass is 316 g/mol. The number of amides is 1. The van der Waals surface area contributed by atoms with Gasteiger partial charge in [-0.1, -0.05) is 54.6 Å². The second-order valence-electron chi connectivity index (χ2n) is 5.61. The zero-order chi connectivity index (χ0) is 14.7. The summed E-state index contributed by atoms with van der Waals surface area (Å²) in [5, 5.41) is 3.09. The Kier molecular flexibility index (Phi) is 5.58. The van der Waals surface area contributed by atoms with Gasteiger partial charge < -0.3 is 11.1 Å². The predicted molar refractivity (Wildman–Crippen MR) is 91.0 cm³/mol. The number of carbonyl (C=O) groups is 1. The maximum atomic E-state index is 12.3. The van der Waals surface area contributed by atoms with Crippen molar-refractivity contribution in [2.75, 3.05) is 0 Å². The van der Waals surface area contributed by atoms with Crippen LogP contribution in [0.5, 0.6) is 0 Å². The van der Waals surface area contributed by atoms with Crippen molar-refractivity contribution in [1.29, 1.82) is 0 Å². The zero-order valence-electron chi connectivity index (χ0n) is 12.4. The molecule has 0 fully saturated rings. The van der Waals surface area contributed by atoms with E-state index in [1.807, 2.05) is 30.3 Å². The fraction of sp³-hybridized carbons (Fsp3) is 0.278. The van der Waals surface area contributed by atoms with E-state index in [9.17, 15) is 4.79 Å². The van der Waals surface area contributed by atoms with Gasteiger partial charge in [-0.3, -0.25) is 4.79 Å². The summed E-state index contributed by atoms with van der Waals surface area (Å²) >= 11 is 0. The predicted octanol–water partition coefficient (Wildman–Crippen LogP) is 2.78. The van der Waals surface area contributed by atoms with Gasteiger partial charge in [0.15, 0.2) is 0 Å². The van der Waals surface area contributed by atoms with Crippen molar-refractivity contribution in [2.24, 2.45) is 5.73 Å². The molecular weight excluding hydrogens is 296 g/mol. The molecule has 116 valence electrons. The van der Waals surface area contributed by atoms with Crippen LogP contribution < -0.4 is 11.1 Å². The van der Waals surface area contributed by atoms with E-state index in [1.165, 1.54) is 11.1 Å². The summed E-state index contributed by atoms with van der Waals surface area (Å²) < 4.78 is 0. The average molecular weight is 317 g/mol. The van der Waals surface area contributed by atoms with Crippen LogP contribution in [0.25, 0.3) is 0 Å². The number of rotatable bonds is 3. The van der Waals surface area contributed by atoms with Crippen molar-refractivity contribution in [3.05, 3.63) is 71.3 Å². The largest absolute Gasteiger partial charge is 0.351 e. The van der Waals surface area contributed by atoms with Gasteiger partial charge in [-0.25, -0.2) is 0 Å². The van der Waals surface area contributed by atoms with E-state index in [-0.39, 0.29) is 24.4 Å². The molecule has 0 heterocycles. The molecule has 3 rings (SSSR count). The minimum atomic E-state index is -0.594. The number of halogens is 1. The average Bonchev–Trinajstić information content (AvgIpc) is 2.55. The summed E-state index contributed by atoms with van der Waals surface area (Å²) in [6.45, 7) is 0. The van der Waals surface area contributed by atoms with Crippen molar-refractivity contribution < 1.29 is 4.79 Å². The Morgan fingerprint density at radius 2 is 1.68 bits per heavy atom. The Labute approximate surface area is 137 Å². The highest BCUT2D eigenvalue weighted by atomic mass is 35.5. The Morgan fingerprint density at radius 3 is 2.41 bits per heavy atom. The molecule has 0 saturated carbocycles. The minimum absolute atomic E-state index is 0. The first-order chi connectivity index (χ1) is 10.2.